The molecule has 7 heteroatoms. The van der Waals surface area contributed by atoms with Crippen LogP contribution in [0.5, 0.6) is 0 Å². The average Bonchev–Trinajstić information content (AvgIpc) is 3.20. The van der Waals surface area contributed by atoms with Gasteiger partial charge in [0.25, 0.3) is 5.91 Å². The maximum atomic E-state index is 12.9. The van der Waals surface area contributed by atoms with Crippen LogP contribution in [0.15, 0.2) is 35.7 Å². The molecule has 6 nitrogen and oxygen atoms in total. The number of nitrogens with zero attached hydrogens (tertiary/aromatic N) is 3. The summed E-state index contributed by atoms with van der Waals surface area (Å²) in [7, 11) is 4.09. The largest absolute Gasteiger partial charge is 0.355 e. The molecule has 1 aliphatic heterocycles. The van der Waals surface area contributed by atoms with Crippen LogP contribution in [0.4, 0.5) is 0 Å². The number of rotatable bonds is 8. The highest BCUT2D eigenvalue weighted by Gasteiger charge is 2.29. The number of carbonyl (C=O) groups excluding carboxylic acids is 2. The fourth-order valence-corrected chi connectivity index (χ4v) is 4.95. The number of thiazole rings is 1. The summed E-state index contributed by atoms with van der Waals surface area (Å²) in [4.78, 5) is 34.0. The molecule has 0 aliphatic carbocycles. The number of likely N-dealkylation sites (tertiary alicyclic amines) is 1. The van der Waals surface area contributed by atoms with Crippen LogP contribution in [-0.2, 0) is 11.2 Å². The minimum Gasteiger partial charge on any atom is -0.355 e. The van der Waals surface area contributed by atoms with Gasteiger partial charge in [-0.15, -0.1) is 11.3 Å². The molecule has 2 aromatic rings. The van der Waals surface area contributed by atoms with E-state index in [0.717, 1.165) is 18.0 Å². The summed E-state index contributed by atoms with van der Waals surface area (Å²) >= 11 is 1.53. The lowest BCUT2D eigenvalue weighted by atomic mass is 9.91. The molecule has 1 N–H and O–H groups in total. The highest BCUT2D eigenvalue weighted by molar-refractivity contribution is 7.09. The summed E-state index contributed by atoms with van der Waals surface area (Å²) in [6, 6.07) is 10.2. The first-order chi connectivity index (χ1) is 14.7. The Morgan fingerprint density at radius 1 is 1.19 bits per heavy atom. The van der Waals surface area contributed by atoms with Crippen molar-refractivity contribution in [1.82, 2.24) is 20.1 Å². The normalized spacial score (nSPS) is 15.3. The molecule has 0 unspecified atom stereocenters. The lowest BCUT2D eigenvalue weighted by Crippen LogP contribution is -2.46. The lowest BCUT2D eigenvalue weighted by Gasteiger charge is -2.32. The molecule has 2 heterocycles. The zero-order valence-corrected chi connectivity index (χ0v) is 19.9. The second-order valence-corrected chi connectivity index (χ2v) is 10.4. The quantitative estimate of drug-likeness (QED) is 0.681. The van der Waals surface area contributed by atoms with Crippen LogP contribution in [0.25, 0.3) is 0 Å². The van der Waals surface area contributed by atoms with Crippen molar-refractivity contribution in [2.75, 3.05) is 40.3 Å². The van der Waals surface area contributed by atoms with Gasteiger partial charge in [0.1, 0.15) is 5.69 Å². The molecule has 1 saturated heterocycles. The van der Waals surface area contributed by atoms with Gasteiger partial charge in [0.15, 0.2) is 0 Å². The standard InChI is InChI=1S/C24H34N4O2S/c1-24(2,17-27(3)4)16-25-22(29)19-10-12-28(13-11-19)23(30)20-15-31-21(26-20)14-18-8-6-5-7-9-18/h5-9,15,19H,10-14,16-17H2,1-4H3,(H,25,29). The minimum atomic E-state index is -0.0264. The van der Waals surface area contributed by atoms with E-state index in [2.05, 4.69) is 41.2 Å². The molecule has 0 atom stereocenters. The Labute approximate surface area is 189 Å². The van der Waals surface area contributed by atoms with Gasteiger partial charge < -0.3 is 15.1 Å². The van der Waals surface area contributed by atoms with Gasteiger partial charge in [-0.1, -0.05) is 44.2 Å². The van der Waals surface area contributed by atoms with Crippen LogP contribution in [0.2, 0.25) is 0 Å². The molecule has 1 fully saturated rings. The van der Waals surface area contributed by atoms with Crippen molar-refractivity contribution in [3.05, 3.63) is 52.0 Å². The second kappa shape index (κ2) is 10.4. The summed E-state index contributed by atoms with van der Waals surface area (Å²) in [6.07, 6.45) is 2.14. The van der Waals surface area contributed by atoms with Gasteiger partial charge in [0.2, 0.25) is 5.91 Å². The van der Waals surface area contributed by atoms with Crippen LogP contribution < -0.4 is 5.32 Å². The number of nitrogens with one attached hydrogen (secondary N) is 1. The third kappa shape index (κ3) is 6.87. The topological polar surface area (TPSA) is 65.5 Å². The Kier molecular flexibility index (Phi) is 7.84. The molecule has 0 bridgehead atoms. The zero-order chi connectivity index (χ0) is 22.4. The molecule has 1 aromatic carbocycles. The van der Waals surface area contributed by atoms with E-state index < -0.39 is 0 Å². The molecule has 1 aromatic heterocycles. The third-order valence-electron chi connectivity index (χ3n) is 5.61. The summed E-state index contributed by atoms with van der Waals surface area (Å²) in [5.41, 5.74) is 1.73. The first kappa shape index (κ1) is 23.4. The number of hydrogen-bond acceptors (Lipinski definition) is 5. The molecule has 31 heavy (non-hydrogen) atoms. The van der Waals surface area contributed by atoms with Gasteiger partial charge in [0.05, 0.1) is 5.01 Å². The van der Waals surface area contributed by atoms with Crippen molar-refractivity contribution in [3.63, 3.8) is 0 Å². The van der Waals surface area contributed by atoms with Crippen LogP contribution in [0.3, 0.4) is 0 Å². The first-order valence-corrected chi connectivity index (χ1v) is 11.8. The van der Waals surface area contributed by atoms with Crippen LogP contribution in [0, 0.1) is 11.3 Å². The van der Waals surface area contributed by atoms with Gasteiger partial charge in [-0.25, -0.2) is 4.98 Å². The van der Waals surface area contributed by atoms with Crippen molar-refractivity contribution in [3.8, 4) is 0 Å². The minimum absolute atomic E-state index is 0.0247. The van der Waals surface area contributed by atoms with E-state index in [4.69, 9.17) is 0 Å². The van der Waals surface area contributed by atoms with Gasteiger partial charge in [-0.2, -0.15) is 0 Å². The summed E-state index contributed by atoms with van der Waals surface area (Å²) in [6.45, 7) is 7.10. The third-order valence-corrected chi connectivity index (χ3v) is 6.46. The smallest absolute Gasteiger partial charge is 0.273 e. The van der Waals surface area contributed by atoms with Crippen LogP contribution >= 0.6 is 11.3 Å². The number of amides is 2. The molecular weight excluding hydrogens is 408 g/mol. The Morgan fingerprint density at radius 3 is 2.52 bits per heavy atom. The summed E-state index contributed by atoms with van der Waals surface area (Å²) in [5, 5.41) is 5.92. The number of hydrogen-bond donors (Lipinski definition) is 1. The molecule has 2 amide bonds. The van der Waals surface area contributed by atoms with Crippen LogP contribution in [0.1, 0.15) is 47.7 Å². The first-order valence-electron chi connectivity index (χ1n) is 10.9. The SMILES string of the molecule is CN(C)CC(C)(C)CNC(=O)C1CCN(C(=O)c2csc(Cc3ccccc3)n2)CC1. The number of carbonyl (C=O) groups is 2. The highest BCUT2D eigenvalue weighted by Crippen LogP contribution is 2.22. The lowest BCUT2D eigenvalue weighted by molar-refractivity contribution is -0.126. The predicted octanol–water partition coefficient (Wildman–Crippen LogP) is 3.29. The predicted molar refractivity (Wildman–Crippen MR) is 125 cm³/mol. The monoisotopic (exact) mass is 442 g/mol. The van der Waals surface area contributed by atoms with E-state index in [-0.39, 0.29) is 23.1 Å². The Hall–Kier alpha value is -2.25. The van der Waals surface area contributed by atoms with E-state index >= 15 is 0 Å². The molecule has 0 radical (unpaired) electrons. The van der Waals surface area contributed by atoms with Crippen molar-refractivity contribution >= 4 is 23.2 Å². The molecule has 168 valence electrons. The fraction of sp³-hybridized carbons (Fsp3) is 0.542. The number of aromatic nitrogens is 1. The molecule has 1 aliphatic rings. The Morgan fingerprint density at radius 2 is 1.87 bits per heavy atom. The maximum absolute atomic E-state index is 12.9. The van der Waals surface area contributed by atoms with E-state index in [1.54, 1.807) is 0 Å². The van der Waals surface area contributed by atoms with Gasteiger partial charge in [-0.05, 0) is 37.9 Å². The maximum Gasteiger partial charge on any atom is 0.273 e. The molecular formula is C24H34N4O2S. The number of piperidine rings is 1. The van der Waals surface area contributed by atoms with E-state index in [1.165, 1.54) is 16.9 Å². The van der Waals surface area contributed by atoms with E-state index in [9.17, 15) is 9.59 Å². The van der Waals surface area contributed by atoms with Crippen molar-refractivity contribution in [2.45, 2.75) is 33.1 Å². The van der Waals surface area contributed by atoms with Gasteiger partial charge in [0, 0.05) is 43.9 Å². The van der Waals surface area contributed by atoms with Gasteiger partial charge in [-0.3, -0.25) is 9.59 Å². The molecule has 3 rings (SSSR count). The van der Waals surface area contributed by atoms with E-state index in [0.29, 0.717) is 38.2 Å². The fourth-order valence-electron chi connectivity index (χ4n) is 4.15. The van der Waals surface area contributed by atoms with Crippen molar-refractivity contribution in [2.24, 2.45) is 11.3 Å². The summed E-state index contributed by atoms with van der Waals surface area (Å²) in [5.74, 6) is 0.0579. The van der Waals surface area contributed by atoms with Crippen molar-refractivity contribution in [1.29, 1.82) is 0 Å². The van der Waals surface area contributed by atoms with E-state index in [1.807, 2.05) is 42.6 Å². The zero-order valence-electron chi connectivity index (χ0n) is 19.1. The highest BCUT2D eigenvalue weighted by atomic mass is 32.1. The molecule has 0 spiro atoms. The molecule has 0 saturated carbocycles. The average molecular weight is 443 g/mol. The number of benzene rings is 1. The second-order valence-electron chi connectivity index (χ2n) is 9.48. The van der Waals surface area contributed by atoms with Crippen molar-refractivity contribution < 1.29 is 9.59 Å². The Balaban J connectivity index is 1.47. The van der Waals surface area contributed by atoms with Gasteiger partial charge >= 0.3 is 0 Å². The van der Waals surface area contributed by atoms with Crippen LogP contribution in [-0.4, -0.2) is 66.9 Å². The Bertz CT molecular complexity index is 871. The summed E-state index contributed by atoms with van der Waals surface area (Å²) < 4.78 is 0.